The summed E-state index contributed by atoms with van der Waals surface area (Å²) in [5, 5.41) is 7.79. The average Bonchev–Trinajstić information content (AvgIpc) is 2.44. The van der Waals surface area contributed by atoms with E-state index in [1.807, 2.05) is 20.8 Å². The van der Waals surface area contributed by atoms with E-state index >= 15 is 0 Å². The summed E-state index contributed by atoms with van der Waals surface area (Å²) in [6, 6.07) is 0. The first-order chi connectivity index (χ1) is 6.68. The van der Waals surface area contributed by atoms with E-state index in [9.17, 15) is 4.39 Å². The zero-order valence-electron chi connectivity index (χ0n) is 9.80. The minimum absolute atomic E-state index is 0.236. The van der Waals surface area contributed by atoms with Crippen molar-refractivity contribution in [1.82, 2.24) is 14.8 Å². The Morgan fingerprint density at radius 3 is 2.07 bits per heavy atom. The van der Waals surface area contributed by atoms with Gasteiger partial charge in [-0.05, 0) is 34.6 Å². The Morgan fingerprint density at radius 1 is 1.20 bits per heavy atom. The topological polar surface area (TPSA) is 30.7 Å². The van der Waals surface area contributed by atoms with Crippen LogP contribution in [0.5, 0.6) is 0 Å². The SMILES string of the molecule is CC(C)(F)c1nnc(CCl)n1C(C)(C)C. The van der Waals surface area contributed by atoms with Crippen molar-refractivity contribution in [3.05, 3.63) is 11.6 Å². The highest BCUT2D eigenvalue weighted by Crippen LogP contribution is 2.29. The van der Waals surface area contributed by atoms with Crippen molar-refractivity contribution >= 4 is 11.6 Å². The van der Waals surface area contributed by atoms with Crippen LogP contribution in [0.1, 0.15) is 46.3 Å². The predicted octanol–water partition coefficient (Wildman–Crippen LogP) is 2.98. The molecule has 0 N–H and O–H groups in total. The van der Waals surface area contributed by atoms with Crippen LogP contribution in [0.15, 0.2) is 0 Å². The third-order valence-electron chi connectivity index (χ3n) is 2.05. The molecule has 1 heterocycles. The van der Waals surface area contributed by atoms with E-state index in [1.165, 1.54) is 13.8 Å². The molecule has 0 spiro atoms. The predicted molar refractivity (Wildman–Crippen MR) is 58.7 cm³/mol. The maximum atomic E-state index is 13.9. The Hall–Kier alpha value is -0.640. The molecule has 0 unspecified atom stereocenters. The van der Waals surface area contributed by atoms with Gasteiger partial charge in [0.25, 0.3) is 0 Å². The van der Waals surface area contributed by atoms with Gasteiger partial charge in [-0.15, -0.1) is 21.8 Å². The molecule has 3 nitrogen and oxygen atoms in total. The van der Waals surface area contributed by atoms with Crippen molar-refractivity contribution in [3.8, 4) is 0 Å². The molecule has 0 aliphatic heterocycles. The Labute approximate surface area is 94.6 Å². The highest BCUT2D eigenvalue weighted by Gasteiger charge is 2.32. The van der Waals surface area contributed by atoms with Crippen LogP contribution in [0.25, 0.3) is 0 Å². The Kier molecular flexibility index (Phi) is 3.10. The van der Waals surface area contributed by atoms with E-state index in [0.717, 1.165) is 0 Å². The highest BCUT2D eigenvalue weighted by atomic mass is 35.5. The summed E-state index contributed by atoms with van der Waals surface area (Å²) in [6.07, 6.45) is 0. The van der Waals surface area contributed by atoms with Crippen molar-refractivity contribution in [1.29, 1.82) is 0 Å². The molecule has 1 aromatic heterocycles. The molecular formula is C10H17ClFN3. The number of nitrogens with zero attached hydrogens (tertiary/aromatic N) is 3. The standard InChI is InChI=1S/C10H17ClFN3/c1-9(2,3)15-7(6-11)13-14-8(15)10(4,5)12/h6H2,1-5H3. The fourth-order valence-corrected chi connectivity index (χ4v) is 1.67. The summed E-state index contributed by atoms with van der Waals surface area (Å²) in [5.74, 6) is 1.16. The monoisotopic (exact) mass is 233 g/mol. The van der Waals surface area contributed by atoms with Crippen LogP contribution in [0, 0.1) is 0 Å². The molecule has 0 atom stereocenters. The molecule has 0 aliphatic carbocycles. The summed E-state index contributed by atoms with van der Waals surface area (Å²) in [5.41, 5.74) is -1.78. The molecule has 0 radical (unpaired) electrons. The van der Waals surface area contributed by atoms with Gasteiger partial charge < -0.3 is 4.57 Å². The lowest BCUT2D eigenvalue weighted by Crippen LogP contribution is -2.30. The molecule has 0 bridgehead atoms. The summed E-state index contributed by atoms with van der Waals surface area (Å²) in [4.78, 5) is 0. The third kappa shape index (κ3) is 2.48. The maximum Gasteiger partial charge on any atom is 0.170 e. The second kappa shape index (κ2) is 3.74. The van der Waals surface area contributed by atoms with E-state index in [-0.39, 0.29) is 11.4 Å². The Bertz CT molecular complexity index is 347. The third-order valence-corrected chi connectivity index (χ3v) is 2.29. The molecule has 0 fully saturated rings. The zero-order valence-corrected chi connectivity index (χ0v) is 10.6. The van der Waals surface area contributed by atoms with Gasteiger partial charge in [-0.2, -0.15) is 0 Å². The first-order valence-corrected chi connectivity index (χ1v) is 5.41. The van der Waals surface area contributed by atoms with E-state index in [4.69, 9.17) is 11.6 Å². The highest BCUT2D eigenvalue weighted by molar-refractivity contribution is 6.16. The van der Waals surface area contributed by atoms with Gasteiger partial charge in [0.05, 0.1) is 5.88 Å². The Morgan fingerprint density at radius 2 is 1.73 bits per heavy atom. The fraction of sp³-hybridized carbons (Fsp3) is 0.800. The molecule has 5 heteroatoms. The normalized spacial score (nSPS) is 13.3. The largest absolute Gasteiger partial charge is 0.306 e. The maximum absolute atomic E-state index is 13.9. The van der Waals surface area contributed by atoms with Crippen molar-refractivity contribution in [2.45, 2.75) is 51.7 Å². The van der Waals surface area contributed by atoms with Crippen LogP contribution >= 0.6 is 11.6 Å². The number of alkyl halides is 2. The summed E-state index contributed by atoms with van der Waals surface area (Å²) in [7, 11) is 0. The van der Waals surface area contributed by atoms with Crippen molar-refractivity contribution in [2.75, 3.05) is 0 Å². The van der Waals surface area contributed by atoms with Crippen LogP contribution in [0.3, 0.4) is 0 Å². The van der Waals surface area contributed by atoms with Gasteiger partial charge in [0.15, 0.2) is 11.5 Å². The van der Waals surface area contributed by atoms with Gasteiger partial charge in [-0.3, -0.25) is 0 Å². The van der Waals surface area contributed by atoms with Gasteiger partial charge in [0, 0.05) is 5.54 Å². The number of halogens is 2. The number of rotatable bonds is 2. The Balaban J connectivity index is 3.37. The van der Waals surface area contributed by atoms with E-state index in [0.29, 0.717) is 11.6 Å². The molecule has 0 amide bonds. The summed E-state index contributed by atoms with van der Waals surface area (Å²) >= 11 is 5.76. The fourth-order valence-electron chi connectivity index (χ4n) is 1.49. The molecule has 0 aliphatic rings. The number of aromatic nitrogens is 3. The summed E-state index contributed by atoms with van der Waals surface area (Å²) < 4.78 is 15.7. The van der Waals surface area contributed by atoms with Gasteiger partial charge in [-0.25, -0.2) is 4.39 Å². The van der Waals surface area contributed by atoms with E-state index in [2.05, 4.69) is 10.2 Å². The number of hydrogen-bond acceptors (Lipinski definition) is 2. The lowest BCUT2D eigenvalue weighted by molar-refractivity contribution is 0.184. The minimum Gasteiger partial charge on any atom is -0.306 e. The second-order valence-corrected chi connectivity index (χ2v) is 5.32. The first-order valence-electron chi connectivity index (χ1n) is 4.88. The van der Waals surface area contributed by atoms with E-state index < -0.39 is 5.67 Å². The van der Waals surface area contributed by atoms with Crippen molar-refractivity contribution in [2.24, 2.45) is 0 Å². The average molecular weight is 234 g/mol. The molecule has 15 heavy (non-hydrogen) atoms. The minimum atomic E-state index is -1.51. The van der Waals surface area contributed by atoms with Crippen molar-refractivity contribution < 1.29 is 4.39 Å². The second-order valence-electron chi connectivity index (χ2n) is 5.05. The molecular weight excluding hydrogens is 217 g/mol. The molecule has 0 saturated heterocycles. The van der Waals surface area contributed by atoms with Crippen LogP contribution < -0.4 is 0 Å². The molecule has 1 aromatic rings. The lowest BCUT2D eigenvalue weighted by Gasteiger charge is -2.27. The quantitative estimate of drug-likeness (QED) is 0.736. The lowest BCUT2D eigenvalue weighted by atomic mass is 10.1. The molecule has 1 rings (SSSR count). The van der Waals surface area contributed by atoms with Crippen molar-refractivity contribution in [3.63, 3.8) is 0 Å². The number of hydrogen-bond donors (Lipinski definition) is 0. The summed E-state index contributed by atoms with van der Waals surface area (Å²) in [6.45, 7) is 8.86. The van der Waals surface area contributed by atoms with E-state index in [1.54, 1.807) is 4.57 Å². The molecule has 0 saturated carbocycles. The van der Waals surface area contributed by atoms with Crippen LogP contribution in [-0.2, 0) is 17.1 Å². The zero-order chi connectivity index (χ0) is 11.9. The smallest absolute Gasteiger partial charge is 0.170 e. The van der Waals surface area contributed by atoms with Crippen LogP contribution in [-0.4, -0.2) is 14.8 Å². The van der Waals surface area contributed by atoms with Gasteiger partial charge >= 0.3 is 0 Å². The van der Waals surface area contributed by atoms with Gasteiger partial charge in [0.2, 0.25) is 0 Å². The van der Waals surface area contributed by atoms with Gasteiger partial charge in [0.1, 0.15) is 5.82 Å². The van der Waals surface area contributed by atoms with Crippen LogP contribution in [0.4, 0.5) is 4.39 Å². The first kappa shape index (κ1) is 12.4. The van der Waals surface area contributed by atoms with Gasteiger partial charge in [-0.1, -0.05) is 0 Å². The van der Waals surface area contributed by atoms with Crippen LogP contribution in [0.2, 0.25) is 0 Å². The molecule has 0 aromatic carbocycles. The molecule has 86 valence electrons.